The van der Waals surface area contributed by atoms with Gasteiger partial charge in [0.05, 0.1) is 6.23 Å². The number of nitrogens with two attached hydrogens (primary N) is 1. The lowest BCUT2D eigenvalue weighted by Gasteiger charge is -2.28. The fourth-order valence-corrected chi connectivity index (χ4v) is 3.42. The van der Waals surface area contributed by atoms with Crippen molar-refractivity contribution >= 4 is 8.56 Å². The maximum atomic E-state index is 8.64. The van der Waals surface area contributed by atoms with E-state index in [-0.39, 0.29) is 12.8 Å². The molecule has 0 spiro atoms. The van der Waals surface area contributed by atoms with Crippen LogP contribution in [-0.2, 0) is 8.85 Å². The maximum Gasteiger partial charge on any atom is 0.335 e. The molecular formula is C9H23NO3Si. The monoisotopic (exact) mass is 221 g/mol. The predicted octanol–water partition coefficient (Wildman–Crippen LogP) is 1.19. The van der Waals surface area contributed by atoms with Crippen molar-refractivity contribution in [3.05, 3.63) is 0 Å². The molecule has 0 aliphatic rings. The van der Waals surface area contributed by atoms with E-state index in [9.17, 15) is 0 Å². The predicted molar refractivity (Wildman–Crippen MR) is 59.1 cm³/mol. The molecule has 0 fully saturated rings. The van der Waals surface area contributed by atoms with Crippen LogP contribution < -0.4 is 5.73 Å². The zero-order valence-corrected chi connectivity index (χ0v) is 10.5. The summed E-state index contributed by atoms with van der Waals surface area (Å²) in [6, 6.07) is 0.955. The van der Waals surface area contributed by atoms with E-state index in [0.717, 1.165) is 12.5 Å². The highest BCUT2D eigenvalue weighted by Crippen LogP contribution is 2.16. The zero-order valence-electron chi connectivity index (χ0n) is 9.45. The fourth-order valence-electron chi connectivity index (χ4n) is 1.33. The highest BCUT2D eigenvalue weighted by molar-refractivity contribution is 6.66. The lowest BCUT2D eigenvalue weighted by Crippen LogP contribution is -2.44. The highest BCUT2D eigenvalue weighted by Gasteiger charge is 2.31. The first-order chi connectivity index (χ1) is 6.58. The summed E-state index contributed by atoms with van der Waals surface area (Å²) in [5.74, 6) is 0. The smallest absolute Gasteiger partial charge is 0.335 e. The van der Waals surface area contributed by atoms with Crippen molar-refractivity contribution in [1.82, 2.24) is 0 Å². The molecular weight excluding hydrogens is 198 g/mol. The summed E-state index contributed by atoms with van der Waals surface area (Å²) in [5, 5.41) is 8.64. The van der Waals surface area contributed by atoms with Gasteiger partial charge in [0.25, 0.3) is 0 Å². The molecule has 86 valence electrons. The minimum absolute atomic E-state index is 0.163. The third-order valence-electron chi connectivity index (χ3n) is 2.18. The molecule has 0 saturated carbocycles. The van der Waals surface area contributed by atoms with E-state index in [4.69, 9.17) is 19.7 Å². The van der Waals surface area contributed by atoms with Gasteiger partial charge < -0.3 is 19.7 Å². The molecule has 3 N–H and O–H groups in total. The van der Waals surface area contributed by atoms with Gasteiger partial charge in [0, 0.05) is 13.7 Å². The van der Waals surface area contributed by atoms with Crippen molar-refractivity contribution in [3.63, 3.8) is 0 Å². The van der Waals surface area contributed by atoms with Gasteiger partial charge in [-0.05, 0) is 25.4 Å². The Kier molecular flexibility index (Phi) is 7.39. The van der Waals surface area contributed by atoms with Crippen LogP contribution in [0, 0.1) is 0 Å². The van der Waals surface area contributed by atoms with Gasteiger partial charge in [-0.15, -0.1) is 0 Å². The summed E-state index contributed by atoms with van der Waals surface area (Å²) in [7, 11) is -0.362. The normalized spacial score (nSPS) is 17.8. The van der Waals surface area contributed by atoms with E-state index in [2.05, 4.69) is 6.92 Å². The topological polar surface area (TPSA) is 64.7 Å². The molecule has 0 aliphatic carbocycles. The molecule has 0 aromatic heterocycles. The first-order valence-electron chi connectivity index (χ1n) is 5.17. The second-order valence-electron chi connectivity index (χ2n) is 3.61. The van der Waals surface area contributed by atoms with Crippen molar-refractivity contribution in [3.8, 4) is 0 Å². The molecule has 14 heavy (non-hydrogen) atoms. The first-order valence-corrected chi connectivity index (χ1v) is 7.69. The number of rotatable bonds is 8. The van der Waals surface area contributed by atoms with E-state index < -0.39 is 8.56 Å². The lowest BCUT2D eigenvalue weighted by atomic mass is 10.3. The highest BCUT2D eigenvalue weighted by atomic mass is 28.4. The van der Waals surface area contributed by atoms with Gasteiger partial charge in [-0.3, -0.25) is 0 Å². The van der Waals surface area contributed by atoms with Gasteiger partial charge in [-0.1, -0.05) is 13.3 Å². The van der Waals surface area contributed by atoms with Crippen LogP contribution in [-0.4, -0.2) is 33.6 Å². The van der Waals surface area contributed by atoms with Crippen LogP contribution in [0.25, 0.3) is 0 Å². The summed E-state index contributed by atoms with van der Waals surface area (Å²) in [5.41, 5.74) is 5.77. The lowest BCUT2D eigenvalue weighted by molar-refractivity contribution is 0.121. The minimum atomic E-state index is -2.04. The summed E-state index contributed by atoms with van der Waals surface area (Å²) in [6.45, 7) is 4.29. The molecule has 2 atom stereocenters. The number of hydrogen-bond donors (Lipinski definition) is 2. The van der Waals surface area contributed by atoms with Gasteiger partial charge in [0.1, 0.15) is 0 Å². The van der Waals surface area contributed by atoms with E-state index in [0.29, 0.717) is 12.8 Å². The Hall–Kier alpha value is 0.0569. The van der Waals surface area contributed by atoms with Crippen LogP contribution in [0.2, 0.25) is 12.6 Å². The van der Waals surface area contributed by atoms with Crippen LogP contribution in [0.3, 0.4) is 0 Å². The maximum absolute atomic E-state index is 8.64. The van der Waals surface area contributed by atoms with Crippen LogP contribution in [0.1, 0.15) is 26.2 Å². The molecule has 0 saturated heterocycles. The molecule has 2 unspecified atom stereocenters. The average molecular weight is 221 g/mol. The van der Waals surface area contributed by atoms with E-state index in [1.807, 2.05) is 6.55 Å². The Morgan fingerprint density at radius 2 is 2.14 bits per heavy atom. The Bertz CT molecular complexity index is 148. The van der Waals surface area contributed by atoms with Crippen LogP contribution >= 0.6 is 0 Å². The number of aliphatic hydroxyl groups excluding tert-OH is 1. The SMILES string of the molecule is CCC[Si](C)(OC)OC(N)CCCO. The van der Waals surface area contributed by atoms with Crippen LogP contribution in [0.15, 0.2) is 0 Å². The van der Waals surface area contributed by atoms with Gasteiger partial charge in [0.2, 0.25) is 0 Å². The molecule has 4 nitrogen and oxygen atoms in total. The second-order valence-corrected chi connectivity index (χ2v) is 7.02. The molecule has 0 amide bonds. The molecule has 0 aliphatic heterocycles. The molecule has 0 bridgehead atoms. The minimum Gasteiger partial charge on any atom is -0.398 e. The Morgan fingerprint density at radius 3 is 2.57 bits per heavy atom. The summed E-state index contributed by atoms with van der Waals surface area (Å²) in [4.78, 5) is 0. The largest absolute Gasteiger partial charge is 0.398 e. The van der Waals surface area contributed by atoms with E-state index in [1.54, 1.807) is 7.11 Å². The van der Waals surface area contributed by atoms with Crippen LogP contribution in [0.4, 0.5) is 0 Å². The Morgan fingerprint density at radius 1 is 1.50 bits per heavy atom. The Labute approximate surface area is 87.6 Å². The van der Waals surface area contributed by atoms with E-state index >= 15 is 0 Å². The molecule has 0 aromatic rings. The molecule has 0 radical (unpaired) electrons. The standard InChI is InChI=1S/C9H23NO3Si/c1-4-8-14(3,12-2)13-9(10)6-5-7-11/h9,11H,4-8,10H2,1-3H3. The van der Waals surface area contributed by atoms with Gasteiger partial charge in [0.15, 0.2) is 0 Å². The summed E-state index contributed by atoms with van der Waals surface area (Å²) < 4.78 is 11.1. The van der Waals surface area contributed by atoms with Crippen molar-refractivity contribution in [2.45, 2.75) is 45.0 Å². The average Bonchev–Trinajstić information content (AvgIpc) is 2.15. The quantitative estimate of drug-likeness (QED) is 0.477. The molecule has 0 heterocycles. The van der Waals surface area contributed by atoms with Gasteiger partial charge >= 0.3 is 8.56 Å². The van der Waals surface area contributed by atoms with E-state index in [1.165, 1.54) is 0 Å². The van der Waals surface area contributed by atoms with Crippen molar-refractivity contribution < 1.29 is 14.0 Å². The first kappa shape index (κ1) is 14.1. The third kappa shape index (κ3) is 5.72. The van der Waals surface area contributed by atoms with Crippen LogP contribution in [0.5, 0.6) is 0 Å². The number of aliphatic hydroxyl groups is 1. The summed E-state index contributed by atoms with van der Waals surface area (Å²) in [6.07, 6.45) is 2.11. The molecule has 5 heteroatoms. The molecule has 0 rings (SSSR count). The van der Waals surface area contributed by atoms with Gasteiger partial charge in [-0.25, -0.2) is 0 Å². The third-order valence-corrected chi connectivity index (χ3v) is 5.26. The molecule has 0 aromatic carbocycles. The van der Waals surface area contributed by atoms with Crippen molar-refractivity contribution in [1.29, 1.82) is 0 Å². The van der Waals surface area contributed by atoms with Gasteiger partial charge in [-0.2, -0.15) is 0 Å². The Balaban J connectivity index is 3.89. The second kappa shape index (κ2) is 7.36. The number of hydrogen-bond acceptors (Lipinski definition) is 4. The zero-order chi connectivity index (χ0) is 11.0. The fraction of sp³-hybridized carbons (Fsp3) is 1.00. The summed E-state index contributed by atoms with van der Waals surface area (Å²) >= 11 is 0. The van der Waals surface area contributed by atoms with Crippen molar-refractivity contribution in [2.75, 3.05) is 13.7 Å². The van der Waals surface area contributed by atoms with Crippen molar-refractivity contribution in [2.24, 2.45) is 5.73 Å².